The summed E-state index contributed by atoms with van der Waals surface area (Å²) in [5, 5.41) is 1.27. The first-order valence-electron chi connectivity index (χ1n) is 5.63. The molecule has 2 rings (SSSR count). The first-order chi connectivity index (χ1) is 7.24. The lowest BCUT2D eigenvalue weighted by Gasteiger charge is -2.06. The molecule has 0 bridgehead atoms. The van der Waals surface area contributed by atoms with Crippen molar-refractivity contribution >= 4 is 10.9 Å². The molecular weight excluding hydrogens is 182 g/mol. The van der Waals surface area contributed by atoms with E-state index in [1.165, 1.54) is 22.2 Å². The molecule has 1 heteroatoms. The summed E-state index contributed by atoms with van der Waals surface area (Å²) in [4.78, 5) is 4.67. The average molecular weight is 199 g/mol. The maximum absolute atomic E-state index is 4.67. The number of hydrogen-bond donors (Lipinski definition) is 0. The molecule has 15 heavy (non-hydrogen) atoms. The molecule has 0 amide bonds. The van der Waals surface area contributed by atoms with Gasteiger partial charge in [-0.2, -0.15) is 0 Å². The molecule has 78 valence electrons. The molecule has 1 aromatic heterocycles. The molecule has 1 nitrogen and oxygen atoms in total. The molecule has 1 aromatic carbocycles. The third-order valence-electron chi connectivity index (χ3n) is 2.92. The zero-order valence-corrected chi connectivity index (χ0v) is 9.67. The van der Waals surface area contributed by atoms with E-state index < -0.39 is 0 Å². The number of nitrogens with zero attached hydrogens (tertiary/aromatic N) is 1. The molecule has 0 N–H and O–H groups in total. The lowest BCUT2D eigenvalue weighted by atomic mass is 10.1. The topological polar surface area (TPSA) is 12.9 Å². The van der Waals surface area contributed by atoms with Gasteiger partial charge in [0.05, 0.1) is 5.52 Å². The van der Waals surface area contributed by atoms with Gasteiger partial charge in [0.25, 0.3) is 0 Å². The van der Waals surface area contributed by atoms with Gasteiger partial charge in [0, 0.05) is 11.1 Å². The predicted molar refractivity (Wildman–Crippen MR) is 65.2 cm³/mol. The largest absolute Gasteiger partial charge is 0.253 e. The highest BCUT2D eigenvalue weighted by Gasteiger charge is 2.02. The van der Waals surface area contributed by atoms with Crippen LogP contribution in [-0.4, -0.2) is 4.98 Å². The summed E-state index contributed by atoms with van der Waals surface area (Å²) in [6.07, 6.45) is 2.10. The van der Waals surface area contributed by atoms with Crippen LogP contribution in [0.15, 0.2) is 24.3 Å². The van der Waals surface area contributed by atoms with Crippen molar-refractivity contribution in [3.8, 4) is 0 Å². The molecule has 0 fully saturated rings. The third kappa shape index (κ3) is 1.87. The minimum absolute atomic E-state index is 1.01. The highest BCUT2D eigenvalue weighted by molar-refractivity contribution is 5.80. The zero-order chi connectivity index (χ0) is 10.8. The Morgan fingerprint density at radius 1 is 1.07 bits per heavy atom. The molecule has 2 aromatic rings. The maximum Gasteiger partial charge on any atom is 0.0705 e. The van der Waals surface area contributed by atoms with E-state index in [2.05, 4.69) is 50.0 Å². The van der Waals surface area contributed by atoms with Crippen molar-refractivity contribution in [1.29, 1.82) is 0 Å². The van der Waals surface area contributed by atoms with E-state index >= 15 is 0 Å². The van der Waals surface area contributed by atoms with Crippen LogP contribution < -0.4 is 0 Å². The molecular formula is C14H17N. The highest BCUT2D eigenvalue weighted by Crippen LogP contribution is 2.18. The number of benzene rings is 1. The van der Waals surface area contributed by atoms with Crippen LogP contribution in [0.3, 0.4) is 0 Å². The fourth-order valence-electron chi connectivity index (χ4n) is 1.95. The van der Waals surface area contributed by atoms with E-state index in [0.717, 1.165) is 18.4 Å². The molecule has 0 radical (unpaired) electrons. The van der Waals surface area contributed by atoms with Crippen LogP contribution in [-0.2, 0) is 12.8 Å². The van der Waals surface area contributed by atoms with Crippen molar-refractivity contribution in [3.05, 3.63) is 41.1 Å². The second-order valence-electron chi connectivity index (χ2n) is 3.99. The molecule has 1 heterocycles. The van der Waals surface area contributed by atoms with Crippen LogP contribution in [0.2, 0.25) is 0 Å². The van der Waals surface area contributed by atoms with Crippen LogP contribution in [0.4, 0.5) is 0 Å². The Balaban J connectivity index is 2.65. The number of rotatable bonds is 2. The standard InChI is InChI=1S/C14H17N/c1-4-11-6-7-14-12(9-11)8-10(3)13(5-2)15-14/h6-9H,4-5H2,1-3H3. The second kappa shape index (κ2) is 4.01. The number of fused-ring (bicyclic) bond motifs is 1. The summed E-state index contributed by atoms with van der Waals surface area (Å²) in [6.45, 7) is 6.48. The van der Waals surface area contributed by atoms with Gasteiger partial charge >= 0.3 is 0 Å². The molecule has 0 aliphatic rings. The second-order valence-corrected chi connectivity index (χ2v) is 3.99. The van der Waals surface area contributed by atoms with Crippen LogP contribution in [0, 0.1) is 6.92 Å². The van der Waals surface area contributed by atoms with Crippen LogP contribution in [0.5, 0.6) is 0 Å². The van der Waals surface area contributed by atoms with E-state index in [-0.39, 0.29) is 0 Å². The van der Waals surface area contributed by atoms with E-state index in [0.29, 0.717) is 0 Å². The van der Waals surface area contributed by atoms with Crippen molar-refractivity contribution in [2.45, 2.75) is 33.6 Å². The van der Waals surface area contributed by atoms with Gasteiger partial charge in [-0.15, -0.1) is 0 Å². The van der Waals surface area contributed by atoms with Crippen molar-refractivity contribution in [2.24, 2.45) is 0 Å². The molecule has 0 unspecified atom stereocenters. The minimum atomic E-state index is 1.01. The summed E-state index contributed by atoms with van der Waals surface area (Å²) in [5.41, 5.74) is 5.02. The van der Waals surface area contributed by atoms with Crippen LogP contribution >= 0.6 is 0 Å². The highest BCUT2D eigenvalue weighted by atomic mass is 14.7. The maximum atomic E-state index is 4.67. The van der Waals surface area contributed by atoms with Gasteiger partial charge in [0.1, 0.15) is 0 Å². The number of aromatic nitrogens is 1. The Kier molecular flexibility index (Phi) is 2.72. The van der Waals surface area contributed by atoms with Crippen LogP contribution in [0.25, 0.3) is 10.9 Å². The van der Waals surface area contributed by atoms with Gasteiger partial charge in [0.15, 0.2) is 0 Å². The molecule has 0 aliphatic carbocycles. The fraction of sp³-hybridized carbons (Fsp3) is 0.357. The normalized spacial score (nSPS) is 10.9. The molecule has 0 aliphatic heterocycles. The summed E-state index contributed by atoms with van der Waals surface area (Å²) >= 11 is 0. The Morgan fingerprint density at radius 2 is 1.87 bits per heavy atom. The van der Waals surface area contributed by atoms with Crippen LogP contribution in [0.1, 0.15) is 30.7 Å². The quantitative estimate of drug-likeness (QED) is 0.719. The van der Waals surface area contributed by atoms with Gasteiger partial charge in [-0.3, -0.25) is 4.98 Å². The number of pyridine rings is 1. The summed E-state index contributed by atoms with van der Waals surface area (Å²) in [5.74, 6) is 0. The smallest absolute Gasteiger partial charge is 0.0705 e. The van der Waals surface area contributed by atoms with E-state index in [1.807, 2.05) is 0 Å². The summed E-state index contributed by atoms with van der Waals surface area (Å²) < 4.78 is 0. The van der Waals surface area contributed by atoms with Crippen molar-refractivity contribution in [1.82, 2.24) is 4.98 Å². The van der Waals surface area contributed by atoms with Crippen molar-refractivity contribution in [3.63, 3.8) is 0 Å². The van der Waals surface area contributed by atoms with Gasteiger partial charge in [-0.05, 0) is 49.1 Å². The van der Waals surface area contributed by atoms with Crippen molar-refractivity contribution in [2.75, 3.05) is 0 Å². The SMILES string of the molecule is CCc1ccc2nc(CC)c(C)cc2c1. The van der Waals surface area contributed by atoms with Gasteiger partial charge < -0.3 is 0 Å². The Bertz CT molecular complexity index is 486. The first-order valence-corrected chi connectivity index (χ1v) is 5.63. The Hall–Kier alpha value is -1.37. The van der Waals surface area contributed by atoms with Gasteiger partial charge in [0.2, 0.25) is 0 Å². The predicted octanol–water partition coefficient (Wildman–Crippen LogP) is 3.67. The number of hydrogen-bond acceptors (Lipinski definition) is 1. The average Bonchev–Trinajstić information content (AvgIpc) is 2.27. The Morgan fingerprint density at radius 3 is 2.53 bits per heavy atom. The molecule has 0 spiro atoms. The minimum Gasteiger partial charge on any atom is -0.253 e. The zero-order valence-electron chi connectivity index (χ0n) is 9.67. The van der Waals surface area contributed by atoms with Gasteiger partial charge in [-0.25, -0.2) is 0 Å². The molecule has 0 saturated heterocycles. The lowest BCUT2D eigenvalue weighted by Crippen LogP contribution is -1.93. The third-order valence-corrected chi connectivity index (χ3v) is 2.92. The monoisotopic (exact) mass is 199 g/mol. The number of aryl methyl sites for hydroxylation is 3. The molecule has 0 saturated carbocycles. The first kappa shape index (κ1) is 10.2. The fourth-order valence-corrected chi connectivity index (χ4v) is 1.95. The summed E-state index contributed by atoms with van der Waals surface area (Å²) in [7, 11) is 0. The molecule has 0 atom stereocenters. The van der Waals surface area contributed by atoms with E-state index in [1.54, 1.807) is 0 Å². The van der Waals surface area contributed by atoms with E-state index in [9.17, 15) is 0 Å². The van der Waals surface area contributed by atoms with E-state index in [4.69, 9.17) is 0 Å². The summed E-state index contributed by atoms with van der Waals surface area (Å²) in [6, 6.07) is 8.80. The Labute approximate surface area is 91.2 Å². The van der Waals surface area contributed by atoms with Crippen molar-refractivity contribution < 1.29 is 0 Å². The lowest BCUT2D eigenvalue weighted by molar-refractivity contribution is 1.03. The van der Waals surface area contributed by atoms with Gasteiger partial charge in [-0.1, -0.05) is 19.9 Å².